The van der Waals surface area contributed by atoms with Gasteiger partial charge >= 0.3 is 5.97 Å². The first kappa shape index (κ1) is 38.6. The third-order valence-corrected chi connectivity index (χ3v) is 4.44. The van der Waals surface area contributed by atoms with E-state index in [0.717, 1.165) is 39.3 Å². The number of rotatable bonds is 0. The fourth-order valence-corrected chi connectivity index (χ4v) is 2.89. The zero-order valence-corrected chi connectivity index (χ0v) is 23.6. The first-order valence-corrected chi connectivity index (χ1v) is 14.2. The largest absolute Gasteiger partial charge is 0.466 e. The number of carbonyl (C=O) groups excluding carboxylic acids is 1. The van der Waals surface area contributed by atoms with E-state index >= 15 is 0 Å². The normalized spacial score (nSPS) is 18.2. The molecular formula is C28H62O4. The second kappa shape index (κ2) is 44.1. The number of hydrogen-bond acceptors (Lipinski definition) is 4. The Labute approximate surface area is 203 Å². The lowest BCUT2D eigenvalue weighted by atomic mass is 10.0. The fourth-order valence-electron chi connectivity index (χ4n) is 2.89. The van der Waals surface area contributed by atoms with Crippen LogP contribution in [0.15, 0.2) is 0 Å². The Kier molecular flexibility index (Phi) is 53.3. The van der Waals surface area contributed by atoms with Crippen molar-refractivity contribution in [3.8, 4) is 0 Å². The summed E-state index contributed by atoms with van der Waals surface area (Å²) < 4.78 is 14.7. The predicted molar refractivity (Wildman–Crippen MR) is 143 cm³/mol. The number of carbonyl (C=O) groups is 1. The molecule has 3 aliphatic heterocycles. The van der Waals surface area contributed by atoms with Gasteiger partial charge in [0.2, 0.25) is 0 Å². The van der Waals surface area contributed by atoms with Crippen molar-refractivity contribution in [1.29, 1.82) is 0 Å². The Morgan fingerprint density at radius 2 is 0.688 bits per heavy atom. The van der Waals surface area contributed by atoms with Gasteiger partial charge in [-0.2, -0.15) is 0 Å². The van der Waals surface area contributed by atoms with E-state index in [4.69, 9.17) is 9.47 Å². The molecule has 0 aromatic carbocycles. The first-order chi connectivity index (χ1) is 15.9. The van der Waals surface area contributed by atoms with Crippen molar-refractivity contribution in [3.05, 3.63) is 0 Å². The molecule has 32 heavy (non-hydrogen) atoms. The minimum absolute atomic E-state index is 0.0359. The summed E-state index contributed by atoms with van der Waals surface area (Å²) in [7, 11) is 0. The van der Waals surface area contributed by atoms with Gasteiger partial charge in [-0.3, -0.25) is 4.79 Å². The molecule has 0 aromatic heterocycles. The van der Waals surface area contributed by atoms with Gasteiger partial charge in [-0.1, -0.05) is 93.9 Å². The van der Waals surface area contributed by atoms with Crippen LogP contribution >= 0.6 is 0 Å². The molecule has 4 rings (SSSR count). The van der Waals surface area contributed by atoms with Crippen molar-refractivity contribution in [2.75, 3.05) is 33.0 Å². The number of esters is 1. The molecule has 0 N–H and O–H groups in total. The van der Waals surface area contributed by atoms with Gasteiger partial charge in [0.1, 0.15) is 0 Å². The summed E-state index contributed by atoms with van der Waals surface area (Å²) in [4.78, 5) is 10.2. The lowest BCUT2D eigenvalue weighted by molar-refractivity contribution is -0.146. The van der Waals surface area contributed by atoms with Gasteiger partial charge < -0.3 is 14.2 Å². The SMILES string of the molecule is C1CCCCC1.C1CCOC1.C1CCOCC1.CC.CC.CC.CC.O=C1CCCCO1. The van der Waals surface area contributed by atoms with E-state index in [0.29, 0.717) is 13.0 Å². The van der Waals surface area contributed by atoms with Crippen molar-refractivity contribution >= 4 is 5.97 Å². The van der Waals surface area contributed by atoms with Crippen LogP contribution in [0.1, 0.15) is 145 Å². The highest BCUT2D eigenvalue weighted by molar-refractivity contribution is 5.69. The van der Waals surface area contributed by atoms with Gasteiger partial charge in [0.25, 0.3) is 0 Å². The molecule has 1 saturated carbocycles. The molecule has 3 saturated heterocycles. The first-order valence-electron chi connectivity index (χ1n) is 14.2. The third-order valence-electron chi connectivity index (χ3n) is 4.44. The molecule has 0 spiro atoms. The van der Waals surface area contributed by atoms with Crippen LogP contribution < -0.4 is 0 Å². The molecule has 0 unspecified atom stereocenters. The van der Waals surface area contributed by atoms with Crippen LogP contribution in [0.5, 0.6) is 0 Å². The molecule has 3 heterocycles. The van der Waals surface area contributed by atoms with Crippen molar-refractivity contribution < 1.29 is 19.0 Å². The molecule has 0 amide bonds. The summed E-state index contributed by atoms with van der Waals surface area (Å²) in [5.74, 6) is -0.0359. The summed E-state index contributed by atoms with van der Waals surface area (Å²) in [5.41, 5.74) is 0. The van der Waals surface area contributed by atoms with E-state index < -0.39 is 0 Å². The average Bonchev–Trinajstić information content (AvgIpc) is 3.53. The van der Waals surface area contributed by atoms with Crippen LogP contribution in [0.2, 0.25) is 0 Å². The van der Waals surface area contributed by atoms with Gasteiger partial charge in [-0.15, -0.1) is 0 Å². The van der Waals surface area contributed by atoms with E-state index in [9.17, 15) is 4.79 Å². The Hall–Kier alpha value is -0.610. The molecule has 0 radical (unpaired) electrons. The highest BCUT2D eigenvalue weighted by atomic mass is 16.5. The highest BCUT2D eigenvalue weighted by Crippen LogP contribution is 2.15. The number of ether oxygens (including phenoxy) is 3. The summed E-state index contributed by atoms with van der Waals surface area (Å²) in [6.45, 7) is 20.6. The summed E-state index contributed by atoms with van der Waals surface area (Å²) in [6.07, 6.45) is 18.2. The maximum absolute atomic E-state index is 10.2. The summed E-state index contributed by atoms with van der Waals surface area (Å²) in [6, 6.07) is 0. The Morgan fingerprint density at radius 1 is 0.406 bits per heavy atom. The molecule has 0 aromatic rings. The zero-order chi connectivity index (χ0) is 25.1. The summed E-state index contributed by atoms with van der Waals surface area (Å²) in [5, 5.41) is 0. The van der Waals surface area contributed by atoms with Crippen LogP contribution in [-0.4, -0.2) is 39.0 Å². The fraction of sp³-hybridized carbons (Fsp3) is 0.964. The molecule has 198 valence electrons. The Bertz CT molecular complexity index is 220. The van der Waals surface area contributed by atoms with Crippen LogP contribution in [0.25, 0.3) is 0 Å². The number of hydrogen-bond donors (Lipinski definition) is 0. The average molecular weight is 463 g/mol. The monoisotopic (exact) mass is 462 g/mol. The molecular weight excluding hydrogens is 400 g/mol. The summed E-state index contributed by atoms with van der Waals surface area (Å²) >= 11 is 0. The third kappa shape index (κ3) is 39.8. The van der Waals surface area contributed by atoms with Crippen molar-refractivity contribution in [2.24, 2.45) is 0 Å². The second-order valence-electron chi connectivity index (χ2n) is 6.79. The molecule has 1 aliphatic carbocycles. The van der Waals surface area contributed by atoms with E-state index in [1.807, 2.05) is 55.4 Å². The molecule has 0 bridgehead atoms. The van der Waals surface area contributed by atoms with Gasteiger partial charge in [-0.05, 0) is 44.9 Å². The van der Waals surface area contributed by atoms with Gasteiger partial charge in [0.05, 0.1) is 6.61 Å². The lowest BCUT2D eigenvalue weighted by Gasteiger charge is -2.08. The van der Waals surface area contributed by atoms with E-state index in [1.165, 1.54) is 70.6 Å². The van der Waals surface area contributed by atoms with Crippen LogP contribution in [-0.2, 0) is 19.0 Å². The molecule has 4 heteroatoms. The maximum atomic E-state index is 10.2. The minimum Gasteiger partial charge on any atom is -0.466 e. The lowest BCUT2D eigenvalue weighted by Crippen LogP contribution is -2.10. The van der Waals surface area contributed by atoms with Gasteiger partial charge in [0.15, 0.2) is 0 Å². The van der Waals surface area contributed by atoms with Crippen LogP contribution in [0.4, 0.5) is 0 Å². The van der Waals surface area contributed by atoms with Gasteiger partial charge in [-0.25, -0.2) is 0 Å². The minimum atomic E-state index is -0.0359. The van der Waals surface area contributed by atoms with E-state index in [1.54, 1.807) is 0 Å². The van der Waals surface area contributed by atoms with E-state index in [-0.39, 0.29) is 5.97 Å². The van der Waals surface area contributed by atoms with Crippen LogP contribution in [0, 0.1) is 0 Å². The van der Waals surface area contributed by atoms with Crippen molar-refractivity contribution in [3.63, 3.8) is 0 Å². The number of cyclic esters (lactones) is 1. The van der Waals surface area contributed by atoms with Crippen molar-refractivity contribution in [2.45, 2.75) is 145 Å². The van der Waals surface area contributed by atoms with Crippen molar-refractivity contribution in [1.82, 2.24) is 0 Å². The van der Waals surface area contributed by atoms with Gasteiger partial charge in [0, 0.05) is 32.8 Å². The molecule has 4 nitrogen and oxygen atoms in total. The topological polar surface area (TPSA) is 44.8 Å². The predicted octanol–water partition coefficient (Wildman–Crippen LogP) is 9.14. The second-order valence-corrected chi connectivity index (χ2v) is 6.79. The Balaban J connectivity index is -0.000000148. The Morgan fingerprint density at radius 3 is 0.844 bits per heavy atom. The molecule has 0 atom stereocenters. The quantitative estimate of drug-likeness (QED) is 0.337. The molecule has 4 aliphatic rings. The molecule has 4 fully saturated rings. The van der Waals surface area contributed by atoms with E-state index in [2.05, 4.69) is 4.74 Å². The van der Waals surface area contributed by atoms with Crippen LogP contribution in [0.3, 0.4) is 0 Å². The highest BCUT2D eigenvalue weighted by Gasteiger charge is 2.06. The zero-order valence-electron chi connectivity index (χ0n) is 23.6. The maximum Gasteiger partial charge on any atom is 0.305 e. The standard InChI is InChI=1S/C6H12.C5H8O2.C5H10O.C4H8O.4C2H6/c1-2-4-6-5-3-1;6-5-3-1-2-4-7-5;1-2-4-6-5-3-1;1-2-4-5-3-1;4*1-2/h1-6H2;1-4H2;1-5H2;1-4H2;4*1-2H3. The smallest absolute Gasteiger partial charge is 0.305 e.